The molecule has 1 aliphatic carbocycles. The largest absolute Gasteiger partial charge is 0.324 e. The van der Waals surface area contributed by atoms with Gasteiger partial charge in [-0.2, -0.15) is 0 Å². The van der Waals surface area contributed by atoms with Crippen LogP contribution in [0.5, 0.6) is 0 Å². The van der Waals surface area contributed by atoms with Crippen molar-refractivity contribution in [1.82, 2.24) is 0 Å². The van der Waals surface area contributed by atoms with E-state index in [2.05, 4.69) is 6.92 Å². The fraction of sp³-hybridized carbons (Fsp3) is 0.625. The minimum absolute atomic E-state index is 0.00579. The fourth-order valence-electron chi connectivity index (χ4n) is 3.26. The number of nitrogens with two attached hydrogens (primary N) is 1. The Bertz CT molecular complexity index is 382. The van der Waals surface area contributed by atoms with Gasteiger partial charge < -0.3 is 5.73 Å². The van der Waals surface area contributed by atoms with Gasteiger partial charge in [0.2, 0.25) is 0 Å². The van der Waals surface area contributed by atoms with Gasteiger partial charge in [-0.15, -0.1) is 0 Å². The molecule has 0 spiro atoms. The van der Waals surface area contributed by atoms with E-state index in [9.17, 15) is 4.39 Å². The Labute approximate surface area is 110 Å². The van der Waals surface area contributed by atoms with Gasteiger partial charge in [0.05, 0.1) is 0 Å². The van der Waals surface area contributed by atoms with Crippen LogP contribution in [0.3, 0.4) is 0 Å². The highest BCUT2D eigenvalue weighted by molar-refractivity contribution is 5.26. The fourth-order valence-corrected chi connectivity index (χ4v) is 3.26. The molecule has 3 atom stereocenters. The van der Waals surface area contributed by atoms with Gasteiger partial charge in [0, 0.05) is 6.04 Å². The number of hydrogen-bond donors (Lipinski definition) is 1. The average Bonchev–Trinajstić information content (AvgIpc) is 2.37. The second kappa shape index (κ2) is 5.83. The molecule has 2 rings (SSSR count). The number of aryl methyl sites for hydroxylation is 1. The molecule has 2 N–H and O–H groups in total. The quantitative estimate of drug-likeness (QED) is 0.846. The number of benzene rings is 1. The second-order valence-electron chi connectivity index (χ2n) is 5.79. The van der Waals surface area contributed by atoms with Crippen molar-refractivity contribution >= 4 is 0 Å². The van der Waals surface area contributed by atoms with Crippen LogP contribution in [0.4, 0.5) is 4.39 Å². The first kappa shape index (κ1) is 13.5. The number of rotatable bonds is 3. The lowest BCUT2D eigenvalue weighted by atomic mass is 9.75. The molecule has 1 aliphatic rings. The third-order valence-electron chi connectivity index (χ3n) is 4.36. The van der Waals surface area contributed by atoms with Crippen LogP contribution in [-0.4, -0.2) is 0 Å². The van der Waals surface area contributed by atoms with Crippen LogP contribution >= 0.6 is 0 Å². The zero-order chi connectivity index (χ0) is 13.1. The maximum absolute atomic E-state index is 13.4. The summed E-state index contributed by atoms with van der Waals surface area (Å²) < 4.78 is 13.4. The molecule has 1 aromatic rings. The van der Waals surface area contributed by atoms with Crippen molar-refractivity contribution in [1.29, 1.82) is 0 Å². The van der Waals surface area contributed by atoms with E-state index in [1.807, 2.05) is 13.0 Å². The lowest BCUT2D eigenvalue weighted by Crippen LogP contribution is -2.27. The monoisotopic (exact) mass is 249 g/mol. The number of hydrogen-bond acceptors (Lipinski definition) is 1. The van der Waals surface area contributed by atoms with E-state index in [4.69, 9.17) is 5.73 Å². The molecule has 0 heterocycles. The molecule has 0 radical (unpaired) electrons. The highest BCUT2D eigenvalue weighted by Gasteiger charge is 2.26. The topological polar surface area (TPSA) is 26.0 Å². The minimum atomic E-state index is -0.164. The predicted molar refractivity (Wildman–Crippen MR) is 73.8 cm³/mol. The molecular formula is C16H24FN. The van der Waals surface area contributed by atoms with Crippen LogP contribution in [0.2, 0.25) is 0 Å². The minimum Gasteiger partial charge on any atom is -0.324 e. The van der Waals surface area contributed by atoms with Crippen molar-refractivity contribution in [3.8, 4) is 0 Å². The normalized spacial score (nSPS) is 26.0. The maximum Gasteiger partial charge on any atom is 0.123 e. The molecule has 1 fully saturated rings. The molecule has 1 saturated carbocycles. The lowest BCUT2D eigenvalue weighted by molar-refractivity contribution is 0.230. The van der Waals surface area contributed by atoms with Gasteiger partial charge in [-0.3, -0.25) is 0 Å². The van der Waals surface area contributed by atoms with E-state index in [0.29, 0.717) is 5.92 Å². The summed E-state index contributed by atoms with van der Waals surface area (Å²) in [5.41, 5.74) is 8.29. The number of halogens is 1. The van der Waals surface area contributed by atoms with Crippen molar-refractivity contribution in [2.24, 2.45) is 17.6 Å². The molecule has 0 bridgehead atoms. The molecule has 2 heteroatoms. The summed E-state index contributed by atoms with van der Waals surface area (Å²) in [6.45, 7) is 4.18. The summed E-state index contributed by atoms with van der Waals surface area (Å²) in [6, 6.07) is 5.19. The Morgan fingerprint density at radius 3 is 2.78 bits per heavy atom. The summed E-state index contributed by atoms with van der Waals surface area (Å²) >= 11 is 0. The van der Waals surface area contributed by atoms with Crippen molar-refractivity contribution in [2.45, 2.75) is 52.0 Å². The van der Waals surface area contributed by atoms with Gasteiger partial charge in [-0.05, 0) is 54.9 Å². The predicted octanol–water partition coefficient (Wildman–Crippen LogP) is 4.35. The van der Waals surface area contributed by atoms with Gasteiger partial charge in [0.1, 0.15) is 5.82 Å². The van der Waals surface area contributed by atoms with E-state index >= 15 is 0 Å². The van der Waals surface area contributed by atoms with Gasteiger partial charge in [0.25, 0.3) is 0 Å². The summed E-state index contributed by atoms with van der Waals surface area (Å²) in [6.07, 6.45) is 6.24. The average molecular weight is 249 g/mol. The third-order valence-corrected chi connectivity index (χ3v) is 4.36. The molecule has 1 aromatic carbocycles. The van der Waals surface area contributed by atoms with Crippen molar-refractivity contribution in [2.75, 3.05) is 0 Å². The van der Waals surface area contributed by atoms with E-state index in [0.717, 1.165) is 17.0 Å². The Hall–Kier alpha value is -0.890. The van der Waals surface area contributed by atoms with E-state index in [1.54, 1.807) is 12.1 Å². The summed E-state index contributed by atoms with van der Waals surface area (Å²) in [5, 5.41) is 0. The summed E-state index contributed by atoms with van der Waals surface area (Å²) in [4.78, 5) is 0. The van der Waals surface area contributed by atoms with Gasteiger partial charge in [-0.1, -0.05) is 32.3 Å². The molecular weight excluding hydrogens is 225 g/mol. The van der Waals surface area contributed by atoms with E-state index in [1.165, 1.54) is 32.1 Å². The van der Waals surface area contributed by atoms with Gasteiger partial charge in [-0.25, -0.2) is 4.39 Å². The smallest absolute Gasteiger partial charge is 0.123 e. The van der Waals surface area contributed by atoms with Crippen molar-refractivity contribution < 1.29 is 4.39 Å². The second-order valence-corrected chi connectivity index (χ2v) is 5.79. The van der Waals surface area contributed by atoms with Crippen LogP contribution in [0.1, 0.15) is 56.2 Å². The summed E-state index contributed by atoms with van der Waals surface area (Å²) in [5.74, 6) is 1.16. The van der Waals surface area contributed by atoms with Crippen LogP contribution in [0.25, 0.3) is 0 Å². The highest BCUT2D eigenvalue weighted by Crippen LogP contribution is 2.37. The Morgan fingerprint density at radius 1 is 1.33 bits per heavy atom. The van der Waals surface area contributed by atoms with E-state index in [-0.39, 0.29) is 11.9 Å². The molecule has 0 amide bonds. The Kier molecular flexibility index (Phi) is 4.39. The Balaban J connectivity index is 2.12. The van der Waals surface area contributed by atoms with Crippen LogP contribution < -0.4 is 5.73 Å². The maximum atomic E-state index is 13.4. The first-order valence-corrected chi connectivity index (χ1v) is 7.12. The molecule has 1 nitrogen and oxygen atoms in total. The standard InChI is InChI=1S/C16H24FN/c1-3-12-5-4-6-13(9-12)16(18)14-7-11(2)8-15(17)10-14/h7-8,10,12-13,16H,3-6,9,18H2,1-2H3. The molecule has 0 aromatic heterocycles. The Morgan fingerprint density at radius 2 is 2.11 bits per heavy atom. The third kappa shape index (κ3) is 3.11. The molecule has 0 aliphatic heterocycles. The lowest BCUT2D eigenvalue weighted by Gasteiger charge is -2.32. The van der Waals surface area contributed by atoms with Gasteiger partial charge in [0.15, 0.2) is 0 Å². The molecule has 3 unspecified atom stereocenters. The highest BCUT2D eigenvalue weighted by atomic mass is 19.1. The molecule has 100 valence electrons. The molecule has 0 saturated heterocycles. The summed E-state index contributed by atoms with van der Waals surface area (Å²) in [7, 11) is 0. The SMILES string of the molecule is CCC1CCCC(C(N)c2cc(C)cc(F)c2)C1. The zero-order valence-electron chi connectivity index (χ0n) is 11.5. The first-order valence-electron chi connectivity index (χ1n) is 7.12. The van der Waals surface area contributed by atoms with Crippen LogP contribution in [-0.2, 0) is 0 Å². The molecule has 18 heavy (non-hydrogen) atoms. The zero-order valence-corrected chi connectivity index (χ0v) is 11.5. The van der Waals surface area contributed by atoms with Crippen LogP contribution in [0.15, 0.2) is 18.2 Å². The van der Waals surface area contributed by atoms with Crippen molar-refractivity contribution in [3.63, 3.8) is 0 Å². The van der Waals surface area contributed by atoms with E-state index < -0.39 is 0 Å². The van der Waals surface area contributed by atoms with Gasteiger partial charge >= 0.3 is 0 Å². The van der Waals surface area contributed by atoms with Crippen LogP contribution in [0, 0.1) is 24.6 Å². The first-order chi connectivity index (χ1) is 8.60. The van der Waals surface area contributed by atoms with Crippen molar-refractivity contribution in [3.05, 3.63) is 35.1 Å².